The maximum atomic E-state index is 12.7. The van der Waals surface area contributed by atoms with E-state index in [1.165, 1.54) is 4.31 Å². The average Bonchev–Trinajstić information content (AvgIpc) is 2.62. The summed E-state index contributed by atoms with van der Waals surface area (Å²) in [5.41, 5.74) is 1.46. The molecule has 1 aliphatic heterocycles. The molecule has 1 aliphatic rings. The first-order chi connectivity index (χ1) is 12.4. The van der Waals surface area contributed by atoms with Crippen LogP contribution in [0.3, 0.4) is 0 Å². The molecule has 0 aliphatic carbocycles. The zero-order chi connectivity index (χ0) is 18.6. The Balaban J connectivity index is 1.65. The topological polar surface area (TPSA) is 66.5 Å². The number of amides is 1. The van der Waals surface area contributed by atoms with Crippen LogP contribution in [0.1, 0.15) is 18.4 Å². The summed E-state index contributed by atoms with van der Waals surface area (Å²) in [6.07, 6.45) is 1.38. The van der Waals surface area contributed by atoms with Crippen LogP contribution in [0.15, 0.2) is 59.1 Å². The van der Waals surface area contributed by atoms with Gasteiger partial charge < -0.3 is 5.32 Å². The number of rotatable bonds is 5. The SMILES string of the molecule is O=C(Nc1cccc(Br)c1)[C@@H]1CCCN(S(=O)(=O)Cc2ccccc2)C1. The number of piperidine rings is 1. The van der Waals surface area contributed by atoms with Gasteiger partial charge in [-0.3, -0.25) is 4.79 Å². The molecule has 5 nitrogen and oxygen atoms in total. The average molecular weight is 437 g/mol. The lowest BCUT2D eigenvalue weighted by Crippen LogP contribution is -2.44. The van der Waals surface area contributed by atoms with E-state index in [0.29, 0.717) is 25.1 Å². The Labute approximate surface area is 162 Å². The molecule has 2 aromatic rings. The normalized spacial score (nSPS) is 18.4. The number of hydrogen-bond acceptors (Lipinski definition) is 3. The van der Waals surface area contributed by atoms with Gasteiger partial charge in [0.25, 0.3) is 0 Å². The molecule has 0 saturated carbocycles. The van der Waals surface area contributed by atoms with Crippen molar-refractivity contribution < 1.29 is 13.2 Å². The van der Waals surface area contributed by atoms with Crippen LogP contribution in [-0.2, 0) is 20.6 Å². The minimum absolute atomic E-state index is 0.0339. The Morgan fingerprint density at radius 1 is 1.15 bits per heavy atom. The number of nitrogens with zero attached hydrogens (tertiary/aromatic N) is 1. The first-order valence-electron chi connectivity index (χ1n) is 8.52. The monoisotopic (exact) mass is 436 g/mol. The molecule has 0 bridgehead atoms. The van der Waals surface area contributed by atoms with Gasteiger partial charge in [-0.25, -0.2) is 12.7 Å². The standard InChI is InChI=1S/C19H21BrN2O3S/c20-17-9-4-10-18(12-17)21-19(23)16-8-5-11-22(13-16)26(24,25)14-15-6-2-1-3-7-15/h1-4,6-7,9-10,12,16H,5,8,11,13-14H2,(H,21,23)/t16-/m1/s1. The number of carbonyl (C=O) groups excluding carboxylic acids is 1. The summed E-state index contributed by atoms with van der Waals surface area (Å²) in [7, 11) is -3.44. The molecule has 1 N–H and O–H groups in total. The van der Waals surface area contributed by atoms with Crippen molar-refractivity contribution in [3.8, 4) is 0 Å². The highest BCUT2D eigenvalue weighted by Gasteiger charge is 2.32. The Morgan fingerprint density at radius 2 is 1.92 bits per heavy atom. The van der Waals surface area contributed by atoms with E-state index < -0.39 is 10.0 Å². The summed E-state index contributed by atoms with van der Waals surface area (Å²) >= 11 is 3.38. The maximum absolute atomic E-state index is 12.7. The van der Waals surface area contributed by atoms with Crippen molar-refractivity contribution in [3.63, 3.8) is 0 Å². The van der Waals surface area contributed by atoms with Crippen molar-refractivity contribution in [2.45, 2.75) is 18.6 Å². The largest absolute Gasteiger partial charge is 0.326 e. The van der Waals surface area contributed by atoms with Crippen molar-refractivity contribution in [2.75, 3.05) is 18.4 Å². The lowest BCUT2D eigenvalue weighted by molar-refractivity contribution is -0.120. The van der Waals surface area contributed by atoms with Crippen molar-refractivity contribution in [2.24, 2.45) is 5.92 Å². The third-order valence-electron chi connectivity index (χ3n) is 4.43. The molecule has 138 valence electrons. The molecule has 26 heavy (non-hydrogen) atoms. The highest BCUT2D eigenvalue weighted by molar-refractivity contribution is 9.10. The van der Waals surface area contributed by atoms with Gasteiger partial charge in [0, 0.05) is 23.2 Å². The Bertz CT molecular complexity index is 871. The quantitative estimate of drug-likeness (QED) is 0.777. The molecule has 1 fully saturated rings. The fourth-order valence-corrected chi connectivity index (χ4v) is 5.11. The Kier molecular flexibility index (Phi) is 6.11. The lowest BCUT2D eigenvalue weighted by atomic mass is 9.99. The highest BCUT2D eigenvalue weighted by Crippen LogP contribution is 2.23. The van der Waals surface area contributed by atoms with Crippen LogP contribution in [0.5, 0.6) is 0 Å². The predicted molar refractivity (Wildman–Crippen MR) is 106 cm³/mol. The zero-order valence-electron chi connectivity index (χ0n) is 14.3. The summed E-state index contributed by atoms with van der Waals surface area (Å²) < 4.78 is 27.8. The highest BCUT2D eigenvalue weighted by atomic mass is 79.9. The van der Waals surface area contributed by atoms with Gasteiger partial charge in [-0.2, -0.15) is 0 Å². The van der Waals surface area contributed by atoms with Gasteiger partial charge in [-0.05, 0) is 36.6 Å². The van der Waals surface area contributed by atoms with Crippen LogP contribution in [0, 0.1) is 5.92 Å². The smallest absolute Gasteiger partial charge is 0.228 e. The molecule has 1 amide bonds. The van der Waals surface area contributed by atoms with Gasteiger partial charge in [-0.15, -0.1) is 0 Å². The molecule has 1 atom stereocenters. The number of anilines is 1. The molecule has 1 heterocycles. The van der Waals surface area contributed by atoms with Crippen LogP contribution in [0.4, 0.5) is 5.69 Å². The van der Waals surface area contributed by atoms with Crippen molar-refractivity contribution >= 4 is 37.5 Å². The van der Waals surface area contributed by atoms with Crippen LogP contribution >= 0.6 is 15.9 Å². The van der Waals surface area contributed by atoms with E-state index >= 15 is 0 Å². The van der Waals surface area contributed by atoms with E-state index in [2.05, 4.69) is 21.2 Å². The van der Waals surface area contributed by atoms with E-state index in [9.17, 15) is 13.2 Å². The molecule has 2 aromatic carbocycles. The van der Waals surface area contributed by atoms with Gasteiger partial charge in [-0.1, -0.05) is 52.3 Å². The first-order valence-corrected chi connectivity index (χ1v) is 10.9. The second-order valence-electron chi connectivity index (χ2n) is 6.44. The summed E-state index contributed by atoms with van der Waals surface area (Å²) in [5, 5.41) is 2.88. The summed E-state index contributed by atoms with van der Waals surface area (Å²) in [5.74, 6) is -0.510. The first kappa shape index (κ1) is 19.1. The number of nitrogens with one attached hydrogen (secondary N) is 1. The molecule has 0 spiro atoms. The molecule has 1 saturated heterocycles. The number of carbonyl (C=O) groups is 1. The van der Waals surface area contributed by atoms with Gasteiger partial charge in [0.1, 0.15) is 0 Å². The predicted octanol–water partition coefficient (Wildman–Crippen LogP) is 3.63. The number of hydrogen-bond donors (Lipinski definition) is 1. The second kappa shape index (κ2) is 8.33. The van der Waals surface area contributed by atoms with E-state index in [0.717, 1.165) is 10.0 Å². The van der Waals surface area contributed by atoms with Crippen molar-refractivity contribution in [1.82, 2.24) is 4.31 Å². The van der Waals surface area contributed by atoms with E-state index in [4.69, 9.17) is 0 Å². The van der Waals surface area contributed by atoms with Crippen LogP contribution in [-0.4, -0.2) is 31.7 Å². The van der Waals surface area contributed by atoms with E-state index in [1.54, 1.807) is 12.1 Å². The van der Waals surface area contributed by atoms with Gasteiger partial charge in [0.15, 0.2) is 0 Å². The molecule has 7 heteroatoms. The van der Waals surface area contributed by atoms with Crippen molar-refractivity contribution in [3.05, 3.63) is 64.6 Å². The molecular formula is C19H21BrN2O3S. The fraction of sp³-hybridized carbons (Fsp3) is 0.316. The van der Waals surface area contributed by atoms with Gasteiger partial charge in [0.2, 0.25) is 15.9 Å². The summed E-state index contributed by atoms with van der Waals surface area (Å²) in [6.45, 7) is 0.699. The van der Waals surface area contributed by atoms with Crippen LogP contribution in [0.2, 0.25) is 0 Å². The molecular weight excluding hydrogens is 416 g/mol. The fourth-order valence-electron chi connectivity index (χ4n) is 3.10. The number of benzene rings is 2. The molecule has 0 aromatic heterocycles. The van der Waals surface area contributed by atoms with Crippen LogP contribution in [0.25, 0.3) is 0 Å². The molecule has 0 radical (unpaired) electrons. The number of sulfonamides is 1. The third kappa shape index (κ3) is 4.93. The zero-order valence-corrected chi connectivity index (χ0v) is 16.7. The summed E-state index contributed by atoms with van der Waals surface area (Å²) in [4.78, 5) is 12.6. The van der Waals surface area contributed by atoms with Gasteiger partial charge >= 0.3 is 0 Å². The number of halogens is 1. The summed E-state index contributed by atoms with van der Waals surface area (Å²) in [6, 6.07) is 16.5. The molecule has 3 rings (SSSR count). The van der Waals surface area contributed by atoms with E-state index in [-0.39, 0.29) is 24.1 Å². The Hall–Kier alpha value is -1.70. The van der Waals surface area contributed by atoms with Crippen LogP contribution < -0.4 is 5.32 Å². The Morgan fingerprint density at radius 3 is 2.65 bits per heavy atom. The van der Waals surface area contributed by atoms with E-state index in [1.807, 2.05) is 42.5 Å². The third-order valence-corrected chi connectivity index (χ3v) is 6.74. The maximum Gasteiger partial charge on any atom is 0.228 e. The molecule has 0 unspecified atom stereocenters. The van der Waals surface area contributed by atoms with Crippen molar-refractivity contribution in [1.29, 1.82) is 0 Å². The second-order valence-corrected chi connectivity index (χ2v) is 9.32. The lowest BCUT2D eigenvalue weighted by Gasteiger charge is -2.31. The van der Waals surface area contributed by atoms with Gasteiger partial charge in [0.05, 0.1) is 11.7 Å². The minimum Gasteiger partial charge on any atom is -0.326 e. The minimum atomic E-state index is -3.44.